The molecule has 2 aliphatic heterocycles. The van der Waals surface area contributed by atoms with Gasteiger partial charge in [-0.1, -0.05) is 18.2 Å². The molecule has 4 rings (SSSR count). The normalized spacial score (nSPS) is 23.4. The number of thiophene rings is 1. The van der Waals surface area contributed by atoms with Crippen LogP contribution in [0.15, 0.2) is 41.1 Å². The number of hydrogen-bond donors (Lipinski definition) is 0. The molecule has 0 spiro atoms. The monoisotopic (exact) mass is 326 g/mol. The molecule has 2 amide bonds. The van der Waals surface area contributed by atoms with Crippen molar-refractivity contribution in [1.29, 1.82) is 0 Å². The Balaban J connectivity index is 1.61. The SMILES string of the molecule is Cc1ccccc1C(=O)N1CC[C@@H]2[C@@H]1CC(=O)N2c1ccsc1. The number of hydrogen-bond acceptors (Lipinski definition) is 3. The molecule has 0 N–H and O–H groups in total. The van der Waals surface area contributed by atoms with Crippen LogP contribution >= 0.6 is 11.3 Å². The molecule has 1 aromatic carbocycles. The summed E-state index contributed by atoms with van der Waals surface area (Å²) in [5.74, 6) is 0.177. The second kappa shape index (κ2) is 5.49. The fraction of sp³-hybridized carbons (Fsp3) is 0.333. The van der Waals surface area contributed by atoms with E-state index in [0.29, 0.717) is 6.42 Å². The van der Waals surface area contributed by atoms with Crippen LogP contribution in [0.2, 0.25) is 0 Å². The van der Waals surface area contributed by atoms with Crippen LogP contribution in [0.3, 0.4) is 0 Å². The largest absolute Gasteiger partial charge is 0.333 e. The number of aryl methyl sites for hydroxylation is 1. The lowest BCUT2D eigenvalue weighted by Gasteiger charge is -2.25. The minimum Gasteiger partial charge on any atom is -0.333 e. The average Bonchev–Trinajstić information content (AvgIpc) is 3.23. The van der Waals surface area contributed by atoms with E-state index in [2.05, 4.69) is 0 Å². The Bertz CT molecular complexity index is 756. The highest BCUT2D eigenvalue weighted by atomic mass is 32.1. The number of likely N-dealkylation sites (tertiary alicyclic amines) is 1. The smallest absolute Gasteiger partial charge is 0.254 e. The Morgan fingerprint density at radius 3 is 2.78 bits per heavy atom. The van der Waals surface area contributed by atoms with Crippen LogP contribution in [0.4, 0.5) is 5.69 Å². The maximum atomic E-state index is 12.9. The summed E-state index contributed by atoms with van der Waals surface area (Å²) in [5, 5.41) is 3.99. The average molecular weight is 326 g/mol. The van der Waals surface area contributed by atoms with E-state index in [0.717, 1.165) is 29.8 Å². The number of fused-ring (bicyclic) bond motifs is 1. The summed E-state index contributed by atoms with van der Waals surface area (Å²) in [7, 11) is 0. The second-order valence-electron chi connectivity index (χ2n) is 6.19. The van der Waals surface area contributed by atoms with E-state index in [-0.39, 0.29) is 23.9 Å². The summed E-state index contributed by atoms with van der Waals surface area (Å²) in [4.78, 5) is 29.2. The summed E-state index contributed by atoms with van der Waals surface area (Å²) in [5.41, 5.74) is 2.70. The summed E-state index contributed by atoms with van der Waals surface area (Å²) in [6.07, 6.45) is 1.28. The van der Waals surface area contributed by atoms with Crippen LogP contribution in [0, 0.1) is 6.92 Å². The van der Waals surface area contributed by atoms with Gasteiger partial charge in [-0.05, 0) is 36.4 Å². The molecule has 0 aliphatic carbocycles. The van der Waals surface area contributed by atoms with Crippen molar-refractivity contribution in [1.82, 2.24) is 4.90 Å². The van der Waals surface area contributed by atoms with Crippen molar-refractivity contribution in [2.24, 2.45) is 0 Å². The molecule has 2 aromatic rings. The van der Waals surface area contributed by atoms with Crippen molar-refractivity contribution in [3.05, 3.63) is 52.2 Å². The number of nitrogens with zero attached hydrogens (tertiary/aromatic N) is 2. The summed E-state index contributed by atoms with van der Waals surface area (Å²) >= 11 is 1.59. The maximum Gasteiger partial charge on any atom is 0.254 e. The second-order valence-corrected chi connectivity index (χ2v) is 6.97. The third-order valence-electron chi connectivity index (χ3n) is 4.92. The molecule has 0 unspecified atom stereocenters. The molecule has 3 heterocycles. The molecule has 2 saturated heterocycles. The van der Waals surface area contributed by atoms with Crippen molar-refractivity contribution in [3.63, 3.8) is 0 Å². The first kappa shape index (κ1) is 14.5. The van der Waals surface area contributed by atoms with Gasteiger partial charge in [-0.3, -0.25) is 9.59 Å². The van der Waals surface area contributed by atoms with Crippen LogP contribution in [0.5, 0.6) is 0 Å². The summed E-state index contributed by atoms with van der Waals surface area (Å²) in [6, 6.07) is 9.76. The van der Waals surface area contributed by atoms with Gasteiger partial charge in [-0.15, -0.1) is 0 Å². The zero-order valence-electron chi connectivity index (χ0n) is 12.9. The van der Waals surface area contributed by atoms with Gasteiger partial charge < -0.3 is 9.80 Å². The zero-order valence-corrected chi connectivity index (χ0v) is 13.8. The molecular weight excluding hydrogens is 308 g/mol. The van der Waals surface area contributed by atoms with Crippen LogP contribution < -0.4 is 4.90 Å². The Kier molecular flexibility index (Phi) is 3.45. The number of amides is 2. The van der Waals surface area contributed by atoms with Gasteiger partial charge in [0.15, 0.2) is 0 Å². The fourth-order valence-electron chi connectivity index (χ4n) is 3.80. The van der Waals surface area contributed by atoms with Crippen LogP contribution in [0.25, 0.3) is 0 Å². The number of benzene rings is 1. The highest BCUT2D eigenvalue weighted by Gasteiger charge is 2.49. The van der Waals surface area contributed by atoms with E-state index < -0.39 is 0 Å². The highest BCUT2D eigenvalue weighted by molar-refractivity contribution is 7.08. The van der Waals surface area contributed by atoms with E-state index in [1.165, 1.54) is 0 Å². The fourth-order valence-corrected chi connectivity index (χ4v) is 4.42. The number of anilines is 1. The van der Waals surface area contributed by atoms with E-state index >= 15 is 0 Å². The molecule has 5 heteroatoms. The molecular formula is C18H18N2O2S. The van der Waals surface area contributed by atoms with Crippen molar-refractivity contribution >= 4 is 28.8 Å². The van der Waals surface area contributed by atoms with E-state index in [9.17, 15) is 9.59 Å². The third-order valence-corrected chi connectivity index (χ3v) is 5.59. The molecule has 1 aromatic heterocycles. The van der Waals surface area contributed by atoms with Crippen LogP contribution in [-0.2, 0) is 4.79 Å². The van der Waals surface area contributed by atoms with Gasteiger partial charge in [0.2, 0.25) is 5.91 Å². The Morgan fingerprint density at radius 1 is 1.22 bits per heavy atom. The molecule has 118 valence electrons. The molecule has 0 bridgehead atoms. The van der Waals surface area contributed by atoms with Gasteiger partial charge >= 0.3 is 0 Å². The molecule has 2 atom stereocenters. The first-order valence-electron chi connectivity index (χ1n) is 7.87. The Labute approximate surface area is 139 Å². The number of carbonyl (C=O) groups excluding carboxylic acids is 2. The summed E-state index contributed by atoms with van der Waals surface area (Å²) in [6.45, 7) is 2.68. The number of rotatable bonds is 2. The molecule has 4 nitrogen and oxygen atoms in total. The number of carbonyl (C=O) groups is 2. The lowest BCUT2D eigenvalue weighted by atomic mass is 10.1. The van der Waals surface area contributed by atoms with Gasteiger partial charge in [-0.25, -0.2) is 0 Å². The van der Waals surface area contributed by atoms with Gasteiger partial charge in [0.1, 0.15) is 0 Å². The standard InChI is InChI=1S/C18H18N2O2S/c1-12-4-2-3-5-14(12)18(22)19-8-6-15-16(19)10-17(21)20(15)13-7-9-23-11-13/h2-5,7,9,11,15-16H,6,8,10H2,1H3/t15-,16+/m1/s1. The van der Waals surface area contributed by atoms with Crippen LogP contribution in [-0.4, -0.2) is 35.3 Å². The van der Waals surface area contributed by atoms with Crippen molar-refractivity contribution in [2.75, 3.05) is 11.4 Å². The first-order chi connectivity index (χ1) is 11.2. The van der Waals surface area contributed by atoms with Gasteiger partial charge in [0.05, 0.1) is 17.8 Å². The maximum absolute atomic E-state index is 12.9. The predicted molar refractivity (Wildman–Crippen MR) is 90.8 cm³/mol. The van der Waals surface area contributed by atoms with Crippen LogP contribution in [0.1, 0.15) is 28.8 Å². The molecule has 23 heavy (non-hydrogen) atoms. The van der Waals surface area contributed by atoms with E-state index in [1.54, 1.807) is 11.3 Å². The topological polar surface area (TPSA) is 40.6 Å². The molecule has 0 radical (unpaired) electrons. The van der Waals surface area contributed by atoms with Gasteiger partial charge in [0.25, 0.3) is 5.91 Å². The minimum absolute atomic E-state index is 0.00509. The highest BCUT2D eigenvalue weighted by Crippen LogP contribution is 2.37. The van der Waals surface area contributed by atoms with Gasteiger partial charge in [0, 0.05) is 23.9 Å². The van der Waals surface area contributed by atoms with Crippen molar-refractivity contribution < 1.29 is 9.59 Å². The minimum atomic E-state index is -0.00509. The van der Waals surface area contributed by atoms with Crippen molar-refractivity contribution in [2.45, 2.75) is 31.8 Å². The molecule has 2 aliphatic rings. The zero-order chi connectivity index (χ0) is 16.0. The summed E-state index contributed by atoms with van der Waals surface area (Å²) < 4.78 is 0. The predicted octanol–water partition coefficient (Wildman–Crippen LogP) is 3.08. The first-order valence-corrected chi connectivity index (χ1v) is 8.82. The Morgan fingerprint density at radius 2 is 2.04 bits per heavy atom. The molecule has 2 fully saturated rings. The lowest BCUT2D eigenvalue weighted by molar-refractivity contribution is -0.117. The molecule has 0 saturated carbocycles. The lowest BCUT2D eigenvalue weighted by Crippen LogP contribution is -2.40. The Hall–Kier alpha value is -2.14. The quantitative estimate of drug-likeness (QED) is 0.851. The van der Waals surface area contributed by atoms with Crippen molar-refractivity contribution in [3.8, 4) is 0 Å². The third kappa shape index (κ3) is 2.27. The van der Waals surface area contributed by atoms with E-state index in [1.807, 2.05) is 57.8 Å². The van der Waals surface area contributed by atoms with E-state index in [4.69, 9.17) is 0 Å². The van der Waals surface area contributed by atoms with Gasteiger partial charge in [-0.2, -0.15) is 11.3 Å².